The van der Waals surface area contributed by atoms with Crippen molar-refractivity contribution < 1.29 is 28.5 Å². The van der Waals surface area contributed by atoms with E-state index >= 15 is 0 Å². The number of fused-ring (bicyclic) bond motifs is 1. The molecule has 1 aromatic rings. The molecule has 0 N–H and O–H groups in total. The number of benzene rings is 1. The standard InChI is InChI=1S/C16H21NO6/c1-20-15(18)5-7-17(8-6-16(19)21-2)10-12-3-4-13-14(9-12)23-11-22-13/h3-4,9H,5-8,10-11H2,1-2H3. The second-order valence-electron chi connectivity index (χ2n) is 5.12. The topological polar surface area (TPSA) is 74.3 Å². The summed E-state index contributed by atoms with van der Waals surface area (Å²) in [6, 6.07) is 5.71. The van der Waals surface area contributed by atoms with Crippen molar-refractivity contribution in [1.29, 1.82) is 0 Å². The molecule has 7 heteroatoms. The zero-order valence-electron chi connectivity index (χ0n) is 13.4. The van der Waals surface area contributed by atoms with Crippen molar-refractivity contribution in [1.82, 2.24) is 4.90 Å². The van der Waals surface area contributed by atoms with Gasteiger partial charge in [0.2, 0.25) is 6.79 Å². The summed E-state index contributed by atoms with van der Waals surface area (Å²) in [6.45, 7) is 1.81. The number of carbonyl (C=O) groups excluding carboxylic acids is 2. The molecule has 1 aliphatic rings. The number of esters is 2. The van der Waals surface area contributed by atoms with Gasteiger partial charge in [-0.25, -0.2) is 0 Å². The number of hydrogen-bond acceptors (Lipinski definition) is 7. The van der Waals surface area contributed by atoms with E-state index in [0.29, 0.717) is 25.4 Å². The van der Waals surface area contributed by atoms with Gasteiger partial charge >= 0.3 is 11.9 Å². The summed E-state index contributed by atoms with van der Waals surface area (Å²) in [5.41, 5.74) is 1.02. The largest absolute Gasteiger partial charge is 0.469 e. The minimum Gasteiger partial charge on any atom is -0.469 e. The molecule has 0 atom stereocenters. The van der Waals surface area contributed by atoms with Crippen molar-refractivity contribution >= 4 is 11.9 Å². The number of hydrogen-bond donors (Lipinski definition) is 0. The summed E-state index contributed by atoms with van der Waals surface area (Å²) in [5, 5.41) is 0. The lowest BCUT2D eigenvalue weighted by molar-refractivity contribution is -0.141. The molecule has 0 amide bonds. The van der Waals surface area contributed by atoms with E-state index in [-0.39, 0.29) is 31.6 Å². The number of carbonyl (C=O) groups is 2. The van der Waals surface area contributed by atoms with Crippen LogP contribution in [0.1, 0.15) is 18.4 Å². The van der Waals surface area contributed by atoms with Crippen LogP contribution in [0.4, 0.5) is 0 Å². The van der Waals surface area contributed by atoms with Crippen molar-refractivity contribution in [3.63, 3.8) is 0 Å². The average Bonchev–Trinajstić information content (AvgIpc) is 3.04. The van der Waals surface area contributed by atoms with E-state index in [1.165, 1.54) is 14.2 Å². The molecule has 1 aromatic carbocycles. The van der Waals surface area contributed by atoms with Crippen molar-refractivity contribution in [2.24, 2.45) is 0 Å². The Balaban J connectivity index is 1.97. The Hall–Kier alpha value is -2.28. The van der Waals surface area contributed by atoms with Crippen molar-refractivity contribution in [2.75, 3.05) is 34.1 Å². The molecule has 0 radical (unpaired) electrons. The van der Waals surface area contributed by atoms with E-state index < -0.39 is 0 Å². The summed E-state index contributed by atoms with van der Waals surface area (Å²) < 4.78 is 20.0. The Kier molecular flexibility index (Phi) is 6.22. The fraction of sp³-hybridized carbons (Fsp3) is 0.500. The van der Waals surface area contributed by atoms with Gasteiger partial charge in [-0.3, -0.25) is 14.5 Å². The minimum absolute atomic E-state index is 0.229. The van der Waals surface area contributed by atoms with E-state index in [1.807, 2.05) is 23.1 Å². The maximum absolute atomic E-state index is 11.3. The van der Waals surface area contributed by atoms with E-state index in [1.54, 1.807) is 0 Å². The fourth-order valence-corrected chi connectivity index (χ4v) is 2.27. The van der Waals surface area contributed by atoms with E-state index in [9.17, 15) is 9.59 Å². The monoisotopic (exact) mass is 323 g/mol. The van der Waals surface area contributed by atoms with Crippen LogP contribution in [0.5, 0.6) is 11.5 Å². The van der Waals surface area contributed by atoms with Crippen LogP contribution in [0.2, 0.25) is 0 Å². The van der Waals surface area contributed by atoms with Crippen LogP contribution in [0.15, 0.2) is 18.2 Å². The molecule has 0 aliphatic carbocycles. The smallest absolute Gasteiger partial charge is 0.306 e. The third kappa shape index (κ3) is 5.14. The van der Waals surface area contributed by atoms with Gasteiger partial charge in [-0.2, -0.15) is 0 Å². The highest BCUT2D eigenvalue weighted by Gasteiger charge is 2.16. The van der Waals surface area contributed by atoms with Crippen molar-refractivity contribution in [3.8, 4) is 11.5 Å². The van der Waals surface area contributed by atoms with Gasteiger partial charge in [0.05, 0.1) is 27.1 Å². The highest BCUT2D eigenvalue weighted by molar-refractivity contribution is 5.70. The highest BCUT2D eigenvalue weighted by Crippen LogP contribution is 2.32. The third-order valence-electron chi connectivity index (χ3n) is 3.56. The number of nitrogens with zero attached hydrogens (tertiary/aromatic N) is 1. The normalized spacial score (nSPS) is 12.3. The van der Waals surface area contributed by atoms with Gasteiger partial charge < -0.3 is 18.9 Å². The van der Waals surface area contributed by atoms with Crippen LogP contribution >= 0.6 is 0 Å². The van der Waals surface area contributed by atoms with Crippen LogP contribution in [0, 0.1) is 0 Å². The Morgan fingerprint density at radius 2 is 1.65 bits per heavy atom. The summed E-state index contributed by atoms with van der Waals surface area (Å²) in [6.07, 6.45) is 0.532. The van der Waals surface area contributed by atoms with Crippen LogP contribution in [-0.4, -0.2) is 50.9 Å². The molecular formula is C16H21NO6. The number of ether oxygens (including phenoxy) is 4. The minimum atomic E-state index is -0.279. The van der Waals surface area contributed by atoms with Crippen LogP contribution in [-0.2, 0) is 25.6 Å². The molecule has 1 heterocycles. The Morgan fingerprint density at radius 1 is 1.04 bits per heavy atom. The summed E-state index contributed by atoms with van der Waals surface area (Å²) in [7, 11) is 2.72. The van der Waals surface area contributed by atoms with Gasteiger partial charge in [-0.05, 0) is 17.7 Å². The molecule has 0 fully saturated rings. The van der Waals surface area contributed by atoms with Gasteiger partial charge in [0, 0.05) is 19.6 Å². The maximum atomic E-state index is 11.3. The molecule has 7 nitrogen and oxygen atoms in total. The second-order valence-corrected chi connectivity index (χ2v) is 5.12. The molecule has 0 unspecified atom stereocenters. The van der Waals surface area contributed by atoms with Crippen molar-refractivity contribution in [2.45, 2.75) is 19.4 Å². The molecule has 23 heavy (non-hydrogen) atoms. The summed E-state index contributed by atoms with van der Waals surface area (Å²) in [5.74, 6) is 0.880. The predicted octanol–water partition coefficient (Wildman–Crippen LogP) is 1.34. The van der Waals surface area contributed by atoms with Crippen LogP contribution < -0.4 is 9.47 Å². The number of rotatable bonds is 8. The van der Waals surface area contributed by atoms with Crippen LogP contribution in [0.25, 0.3) is 0 Å². The molecular weight excluding hydrogens is 302 g/mol. The fourth-order valence-electron chi connectivity index (χ4n) is 2.27. The quantitative estimate of drug-likeness (QED) is 0.668. The molecule has 126 valence electrons. The lowest BCUT2D eigenvalue weighted by Crippen LogP contribution is -2.29. The molecule has 0 saturated heterocycles. The van der Waals surface area contributed by atoms with E-state index in [2.05, 4.69) is 9.47 Å². The van der Waals surface area contributed by atoms with E-state index in [4.69, 9.17) is 9.47 Å². The van der Waals surface area contributed by atoms with Gasteiger partial charge in [0.15, 0.2) is 11.5 Å². The second kappa shape index (κ2) is 8.38. The highest BCUT2D eigenvalue weighted by atomic mass is 16.7. The van der Waals surface area contributed by atoms with Gasteiger partial charge in [0.25, 0.3) is 0 Å². The lowest BCUT2D eigenvalue weighted by atomic mass is 10.1. The molecule has 1 aliphatic heterocycles. The first kappa shape index (κ1) is 17.1. The zero-order chi connectivity index (χ0) is 16.7. The van der Waals surface area contributed by atoms with E-state index in [0.717, 1.165) is 11.3 Å². The first-order chi connectivity index (χ1) is 11.1. The average molecular weight is 323 g/mol. The predicted molar refractivity (Wildman–Crippen MR) is 81.1 cm³/mol. The van der Waals surface area contributed by atoms with Gasteiger partial charge in [-0.1, -0.05) is 6.07 Å². The Labute approximate surface area is 135 Å². The zero-order valence-corrected chi connectivity index (χ0v) is 13.4. The Morgan fingerprint density at radius 3 is 2.26 bits per heavy atom. The molecule has 0 bridgehead atoms. The maximum Gasteiger partial charge on any atom is 0.306 e. The Bertz CT molecular complexity index is 540. The third-order valence-corrected chi connectivity index (χ3v) is 3.56. The SMILES string of the molecule is COC(=O)CCN(CCC(=O)OC)Cc1ccc2c(c1)OCO2. The molecule has 0 aromatic heterocycles. The summed E-state index contributed by atoms with van der Waals surface area (Å²) >= 11 is 0. The van der Waals surface area contributed by atoms with Gasteiger partial charge in [-0.15, -0.1) is 0 Å². The molecule has 0 spiro atoms. The lowest BCUT2D eigenvalue weighted by Gasteiger charge is -2.21. The first-order valence-corrected chi connectivity index (χ1v) is 7.37. The first-order valence-electron chi connectivity index (χ1n) is 7.37. The van der Waals surface area contributed by atoms with Crippen molar-refractivity contribution in [3.05, 3.63) is 23.8 Å². The number of methoxy groups -OCH3 is 2. The van der Waals surface area contributed by atoms with Crippen LogP contribution in [0.3, 0.4) is 0 Å². The molecule has 2 rings (SSSR count). The van der Waals surface area contributed by atoms with Gasteiger partial charge in [0.1, 0.15) is 0 Å². The summed E-state index contributed by atoms with van der Waals surface area (Å²) in [4.78, 5) is 24.7. The molecule has 0 saturated carbocycles.